The maximum atomic E-state index is 13.5. The molecule has 0 radical (unpaired) electrons. The van der Waals surface area contributed by atoms with E-state index in [9.17, 15) is 4.39 Å². The number of halogens is 2. The predicted molar refractivity (Wildman–Crippen MR) is 64.1 cm³/mol. The van der Waals surface area contributed by atoms with Gasteiger partial charge in [0.05, 0.1) is 5.69 Å². The zero-order valence-corrected chi connectivity index (χ0v) is 10.1. The Kier molecular flexibility index (Phi) is 3.30. The zero-order valence-electron chi connectivity index (χ0n) is 8.48. The molecule has 0 spiro atoms. The largest absolute Gasteiger partial charge is 0.321 e. The van der Waals surface area contributed by atoms with E-state index in [2.05, 4.69) is 31.2 Å². The average Bonchev–Trinajstić information content (AvgIpc) is 2.34. The number of rotatable bonds is 2. The van der Waals surface area contributed by atoms with Crippen LogP contribution in [0.1, 0.15) is 5.69 Å². The number of aromatic nitrogens is 2. The van der Waals surface area contributed by atoms with E-state index in [1.807, 2.05) is 6.07 Å². The van der Waals surface area contributed by atoms with Gasteiger partial charge in [-0.3, -0.25) is 0 Å². The van der Waals surface area contributed by atoms with Gasteiger partial charge < -0.3 is 5.32 Å². The third-order valence-electron chi connectivity index (χ3n) is 1.97. The molecule has 0 saturated carbocycles. The highest BCUT2D eigenvalue weighted by Crippen LogP contribution is 2.27. The van der Waals surface area contributed by atoms with E-state index in [1.54, 1.807) is 12.1 Å². The van der Waals surface area contributed by atoms with Crippen LogP contribution in [0.3, 0.4) is 0 Å². The topological polar surface area (TPSA) is 61.6 Å². The minimum absolute atomic E-state index is 0.176. The molecule has 0 aliphatic carbocycles. The van der Waals surface area contributed by atoms with Crippen molar-refractivity contribution < 1.29 is 4.39 Å². The van der Waals surface area contributed by atoms with Crippen LogP contribution in [0.25, 0.3) is 0 Å². The number of para-hydroxylation sites is 1. The Morgan fingerprint density at radius 1 is 1.35 bits per heavy atom. The lowest BCUT2D eigenvalue weighted by atomic mass is 10.3. The molecule has 0 amide bonds. The molecule has 0 bridgehead atoms. The van der Waals surface area contributed by atoms with E-state index < -0.39 is 5.82 Å². The maximum absolute atomic E-state index is 13.5. The number of nitrogens with one attached hydrogen (secondary N) is 1. The first-order chi connectivity index (χ1) is 8.20. The monoisotopic (exact) mass is 292 g/mol. The lowest BCUT2D eigenvalue weighted by Crippen LogP contribution is -2.00. The Morgan fingerprint density at radius 2 is 2.18 bits per heavy atom. The highest BCUT2D eigenvalue weighted by atomic mass is 79.9. The van der Waals surface area contributed by atoms with Crippen LogP contribution < -0.4 is 5.32 Å². The summed E-state index contributed by atoms with van der Waals surface area (Å²) in [5, 5.41) is 11.4. The molecule has 1 aromatic heterocycles. The lowest BCUT2D eigenvalue weighted by molar-refractivity contribution is 0.631. The molecule has 1 aromatic carbocycles. The highest BCUT2D eigenvalue weighted by molar-refractivity contribution is 9.10. The molecule has 1 N–H and O–H groups in total. The van der Waals surface area contributed by atoms with Gasteiger partial charge in [-0.15, -0.1) is 0 Å². The van der Waals surface area contributed by atoms with Crippen molar-refractivity contribution in [1.29, 1.82) is 5.26 Å². The number of hydrogen-bond acceptors (Lipinski definition) is 4. The van der Waals surface area contributed by atoms with Gasteiger partial charge >= 0.3 is 0 Å². The lowest BCUT2D eigenvalue weighted by Gasteiger charge is -2.07. The van der Waals surface area contributed by atoms with Gasteiger partial charge in [0.25, 0.3) is 0 Å². The van der Waals surface area contributed by atoms with Gasteiger partial charge in [0.15, 0.2) is 0 Å². The van der Waals surface area contributed by atoms with Gasteiger partial charge in [0, 0.05) is 10.7 Å². The molecule has 84 valence electrons. The first-order valence-corrected chi connectivity index (χ1v) is 5.44. The highest BCUT2D eigenvalue weighted by Gasteiger charge is 2.08. The third-order valence-corrected chi connectivity index (χ3v) is 2.63. The first kappa shape index (κ1) is 11.5. The number of anilines is 2. The predicted octanol–water partition coefficient (Wildman–Crippen LogP) is 2.99. The minimum Gasteiger partial charge on any atom is -0.321 e. The normalized spacial score (nSPS) is 9.71. The molecular formula is C11H6BrFN4. The van der Waals surface area contributed by atoms with Crippen molar-refractivity contribution in [3.05, 3.63) is 46.4 Å². The van der Waals surface area contributed by atoms with Crippen LogP contribution in [-0.4, -0.2) is 9.97 Å². The molecule has 0 saturated heterocycles. The van der Waals surface area contributed by atoms with Crippen LogP contribution in [-0.2, 0) is 0 Å². The average molecular weight is 293 g/mol. The molecule has 0 aliphatic rings. The Bertz CT molecular complexity index is 574. The van der Waals surface area contributed by atoms with Gasteiger partial charge in [-0.1, -0.05) is 6.07 Å². The van der Waals surface area contributed by atoms with Gasteiger partial charge in [-0.25, -0.2) is 14.4 Å². The molecule has 2 aromatic rings. The second-order valence-electron chi connectivity index (χ2n) is 3.10. The Morgan fingerprint density at radius 3 is 2.88 bits per heavy atom. The smallest absolute Gasteiger partial charge is 0.228 e. The zero-order chi connectivity index (χ0) is 12.3. The summed E-state index contributed by atoms with van der Waals surface area (Å²) in [4.78, 5) is 7.80. The molecule has 0 atom stereocenters. The van der Waals surface area contributed by atoms with Crippen molar-refractivity contribution >= 4 is 27.6 Å². The molecule has 0 fully saturated rings. The minimum atomic E-state index is -0.426. The fraction of sp³-hybridized carbons (Fsp3) is 0. The van der Waals surface area contributed by atoms with Crippen LogP contribution in [0.4, 0.5) is 16.0 Å². The first-order valence-electron chi connectivity index (χ1n) is 4.65. The van der Waals surface area contributed by atoms with Crippen LogP contribution >= 0.6 is 15.9 Å². The standard InChI is InChI=1S/C11H6BrFN4/c12-8-2-1-3-9(13)10(8)17-11-15-5-4-7(6-14)16-11/h1-5H,(H,15,16,17). The van der Waals surface area contributed by atoms with Crippen molar-refractivity contribution in [2.24, 2.45) is 0 Å². The summed E-state index contributed by atoms with van der Waals surface area (Å²) in [5.41, 5.74) is 0.456. The van der Waals surface area contributed by atoms with Crippen molar-refractivity contribution in [1.82, 2.24) is 9.97 Å². The van der Waals surface area contributed by atoms with Crippen LogP contribution in [0.5, 0.6) is 0 Å². The molecule has 0 unspecified atom stereocenters. The van der Waals surface area contributed by atoms with E-state index >= 15 is 0 Å². The SMILES string of the molecule is N#Cc1ccnc(Nc2c(F)cccc2Br)n1. The Balaban J connectivity index is 2.35. The van der Waals surface area contributed by atoms with E-state index in [0.717, 1.165) is 0 Å². The van der Waals surface area contributed by atoms with Crippen molar-refractivity contribution in [3.63, 3.8) is 0 Å². The summed E-state index contributed by atoms with van der Waals surface area (Å²) in [6.07, 6.45) is 1.43. The van der Waals surface area contributed by atoms with Gasteiger partial charge in [-0.2, -0.15) is 5.26 Å². The van der Waals surface area contributed by atoms with Crippen molar-refractivity contribution in [3.8, 4) is 6.07 Å². The van der Waals surface area contributed by atoms with Gasteiger partial charge in [-0.05, 0) is 34.1 Å². The van der Waals surface area contributed by atoms with E-state index in [0.29, 0.717) is 4.47 Å². The summed E-state index contributed by atoms with van der Waals surface area (Å²) in [6, 6.07) is 7.95. The quantitative estimate of drug-likeness (QED) is 0.924. The van der Waals surface area contributed by atoms with Crippen molar-refractivity contribution in [2.45, 2.75) is 0 Å². The van der Waals surface area contributed by atoms with Crippen LogP contribution in [0.2, 0.25) is 0 Å². The van der Waals surface area contributed by atoms with Gasteiger partial charge in [0.1, 0.15) is 17.6 Å². The second kappa shape index (κ2) is 4.89. The molecule has 1 heterocycles. The fourth-order valence-electron chi connectivity index (χ4n) is 1.21. The number of nitriles is 1. The maximum Gasteiger partial charge on any atom is 0.228 e. The van der Waals surface area contributed by atoms with Crippen LogP contribution in [0.15, 0.2) is 34.9 Å². The van der Waals surface area contributed by atoms with E-state index in [1.165, 1.54) is 18.3 Å². The molecule has 6 heteroatoms. The Labute approximate surface area is 105 Å². The summed E-state index contributed by atoms with van der Waals surface area (Å²) in [6.45, 7) is 0. The van der Waals surface area contributed by atoms with Crippen molar-refractivity contribution in [2.75, 3.05) is 5.32 Å². The second-order valence-corrected chi connectivity index (χ2v) is 3.95. The molecular weight excluding hydrogens is 287 g/mol. The summed E-state index contributed by atoms with van der Waals surface area (Å²) in [5.74, 6) is -0.250. The van der Waals surface area contributed by atoms with E-state index in [-0.39, 0.29) is 17.3 Å². The number of benzene rings is 1. The number of hydrogen-bond donors (Lipinski definition) is 1. The molecule has 2 rings (SSSR count). The molecule has 4 nitrogen and oxygen atoms in total. The van der Waals surface area contributed by atoms with Gasteiger partial charge in [0.2, 0.25) is 5.95 Å². The summed E-state index contributed by atoms with van der Waals surface area (Å²) in [7, 11) is 0. The molecule has 0 aliphatic heterocycles. The molecule has 17 heavy (non-hydrogen) atoms. The summed E-state index contributed by atoms with van der Waals surface area (Å²) >= 11 is 3.22. The summed E-state index contributed by atoms with van der Waals surface area (Å²) < 4.78 is 14.1. The number of nitrogens with zero attached hydrogens (tertiary/aromatic N) is 3. The fourth-order valence-corrected chi connectivity index (χ4v) is 1.65. The van der Waals surface area contributed by atoms with E-state index in [4.69, 9.17) is 5.26 Å². The Hall–Kier alpha value is -2.00. The third kappa shape index (κ3) is 2.57. The van der Waals surface area contributed by atoms with Crippen LogP contribution in [0, 0.1) is 17.1 Å².